The minimum Gasteiger partial charge on any atom is -0.367 e. The summed E-state index contributed by atoms with van der Waals surface area (Å²) in [6.45, 7) is -0.00905. The maximum Gasteiger partial charge on any atom is 0.415 e. The van der Waals surface area contributed by atoms with Gasteiger partial charge in [-0.25, -0.2) is 9.37 Å². The zero-order valence-electron chi connectivity index (χ0n) is 9.47. The molecule has 2 rings (SSSR count). The average molecular weight is 294 g/mol. The Kier molecular flexibility index (Phi) is 3.97. The van der Waals surface area contributed by atoms with E-state index in [-0.39, 0.29) is 23.7 Å². The van der Waals surface area contributed by atoms with Crippen LogP contribution in [0.4, 0.5) is 17.6 Å². The van der Waals surface area contributed by atoms with Gasteiger partial charge in [0.05, 0.1) is 11.5 Å². The lowest BCUT2D eigenvalue weighted by Gasteiger charge is -2.17. The van der Waals surface area contributed by atoms with E-state index in [1.54, 1.807) is 0 Å². The number of hydrogen-bond donors (Lipinski definition) is 0. The molecule has 0 spiro atoms. The molecule has 0 N–H and O–H groups in total. The zero-order chi connectivity index (χ0) is 14.0. The highest BCUT2D eigenvalue weighted by Gasteiger charge is 2.48. The molecule has 1 aromatic heterocycles. The molecule has 1 aromatic rings. The van der Waals surface area contributed by atoms with Crippen LogP contribution in [0.1, 0.15) is 12.0 Å². The lowest BCUT2D eigenvalue weighted by molar-refractivity contribution is -0.212. The molecule has 7 heteroatoms. The van der Waals surface area contributed by atoms with E-state index in [9.17, 15) is 17.6 Å². The molecule has 2 heterocycles. The van der Waals surface area contributed by atoms with Crippen LogP contribution in [0.3, 0.4) is 0 Å². The van der Waals surface area contributed by atoms with Crippen LogP contribution in [0.15, 0.2) is 12.3 Å². The third-order valence-electron chi connectivity index (χ3n) is 2.63. The van der Waals surface area contributed by atoms with Gasteiger partial charge in [0, 0.05) is 18.9 Å². The summed E-state index contributed by atoms with van der Waals surface area (Å²) >= 11 is 5.46. The number of alkyl halides is 3. The Hall–Kier alpha value is -1.32. The number of aromatic nitrogens is 1. The minimum absolute atomic E-state index is 0.00905. The molecule has 102 valence electrons. The molecule has 0 amide bonds. The molecule has 2 atom stereocenters. The Bertz CT molecular complexity index is 535. The Morgan fingerprint density at radius 3 is 2.79 bits per heavy atom. The molecule has 0 saturated carbocycles. The average Bonchev–Trinajstić information content (AvgIpc) is 2.75. The highest BCUT2D eigenvalue weighted by molar-refractivity contribution is 6.29. The molecule has 0 aliphatic carbocycles. The number of rotatable bonds is 0. The van der Waals surface area contributed by atoms with Gasteiger partial charge in [-0.3, -0.25) is 0 Å². The van der Waals surface area contributed by atoms with Crippen LogP contribution in [0, 0.1) is 23.6 Å². The van der Waals surface area contributed by atoms with Crippen LogP contribution >= 0.6 is 11.6 Å². The molecule has 1 fully saturated rings. The highest BCUT2D eigenvalue weighted by atomic mass is 35.5. The standard InChI is InChI=1S/C12H8ClF4NO/c13-10-5-9(14)8(6-18-10)2-1-7-3-4-19-11(7)12(15,16)17/h5-7,11H,3-4H2/t7?,11-/m1/s1. The Morgan fingerprint density at radius 1 is 1.42 bits per heavy atom. The van der Waals surface area contributed by atoms with Crippen molar-refractivity contribution in [1.82, 2.24) is 4.98 Å². The first kappa shape index (κ1) is 14.1. The van der Waals surface area contributed by atoms with Gasteiger partial charge in [0.1, 0.15) is 11.0 Å². The monoisotopic (exact) mass is 293 g/mol. The van der Waals surface area contributed by atoms with E-state index in [1.165, 1.54) is 0 Å². The minimum atomic E-state index is -4.47. The predicted molar refractivity (Wildman–Crippen MR) is 60.0 cm³/mol. The van der Waals surface area contributed by atoms with Crippen molar-refractivity contribution in [2.45, 2.75) is 18.7 Å². The second kappa shape index (κ2) is 5.35. The third-order valence-corrected chi connectivity index (χ3v) is 2.83. The summed E-state index contributed by atoms with van der Waals surface area (Å²) in [5, 5.41) is -0.0413. The van der Waals surface area contributed by atoms with Gasteiger partial charge in [0.25, 0.3) is 0 Å². The molecule has 0 aromatic carbocycles. The molecule has 2 nitrogen and oxygen atoms in total. The van der Waals surface area contributed by atoms with Gasteiger partial charge in [-0.15, -0.1) is 0 Å². The molecule has 1 saturated heterocycles. The van der Waals surface area contributed by atoms with Gasteiger partial charge >= 0.3 is 6.18 Å². The Balaban J connectivity index is 2.19. The van der Waals surface area contributed by atoms with Crippen molar-refractivity contribution in [3.8, 4) is 11.8 Å². The first-order chi connectivity index (χ1) is 8.88. The maximum atomic E-state index is 13.4. The molecule has 1 unspecified atom stereocenters. The van der Waals surface area contributed by atoms with Gasteiger partial charge in [-0.2, -0.15) is 13.2 Å². The van der Waals surface area contributed by atoms with Crippen LogP contribution in [0.25, 0.3) is 0 Å². The van der Waals surface area contributed by atoms with E-state index in [4.69, 9.17) is 11.6 Å². The van der Waals surface area contributed by atoms with Gasteiger partial charge in [0.2, 0.25) is 0 Å². The molecular weight excluding hydrogens is 286 g/mol. The maximum absolute atomic E-state index is 13.4. The molecular formula is C12H8ClF4NO. The lowest BCUT2D eigenvalue weighted by atomic mass is 10.0. The van der Waals surface area contributed by atoms with Crippen molar-refractivity contribution in [3.63, 3.8) is 0 Å². The van der Waals surface area contributed by atoms with Crippen molar-refractivity contribution in [2.24, 2.45) is 5.92 Å². The van der Waals surface area contributed by atoms with Gasteiger partial charge < -0.3 is 4.74 Å². The fourth-order valence-corrected chi connectivity index (χ4v) is 1.87. The first-order valence-electron chi connectivity index (χ1n) is 5.39. The van der Waals surface area contributed by atoms with Crippen molar-refractivity contribution in [3.05, 3.63) is 28.8 Å². The van der Waals surface area contributed by atoms with E-state index in [0.717, 1.165) is 12.3 Å². The fraction of sp³-hybridized carbons (Fsp3) is 0.417. The second-order valence-electron chi connectivity index (χ2n) is 3.98. The lowest BCUT2D eigenvalue weighted by Crippen LogP contribution is -2.33. The van der Waals surface area contributed by atoms with Crippen molar-refractivity contribution >= 4 is 11.6 Å². The zero-order valence-corrected chi connectivity index (χ0v) is 10.2. The number of nitrogens with zero attached hydrogens (tertiary/aromatic N) is 1. The number of ether oxygens (including phenoxy) is 1. The number of hydrogen-bond acceptors (Lipinski definition) is 2. The van der Waals surface area contributed by atoms with Crippen molar-refractivity contribution in [2.75, 3.05) is 6.61 Å². The fourth-order valence-electron chi connectivity index (χ4n) is 1.73. The molecule has 0 bridgehead atoms. The van der Waals surface area contributed by atoms with E-state index < -0.39 is 24.0 Å². The number of halogens is 5. The molecule has 0 radical (unpaired) electrons. The molecule has 1 aliphatic rings. The van der Waals surface area contributed by atoms with E-state index in [0.29, 0.717) is 0 Å². The highest BCUT2D eigenvalue weighted by Crippen LogP contribution is 2.34. The third kappa shape index (κ3) is 3.37. The van der Waals surface area contributed by atoms with E-state index in [2.05, 4.69) is 21.6 Å². The summed E-state index contributed by atoms with van der Waals surface area (Å²) in [5.41, 5.74) is -0.0859. The SMILES string of the molecule is Fc1cc(Cl)ncc1C#CC1CCO[C@H]1C(F)(F)F. The Labute approximate surface area is 111 Å². The number of pyridine rings is 1. The van der Waals surface area contributed by atoms with Gasteiger partial charge in [-0.05, 0) is 6.42 Å². The predicted octanol–water partition coefficient (Wildman–Crippen LogP) is 3.19. The van der Waals surface area contributed by atoms with E-state index >= 15 is 0 Å². The second-order valence-corrected chi connectivity index (χ2v) is 4.37. The summed E-state index contributed by atoms with van der Waals surface area (Å²) in [5.74, 6) is 3.05. The molecule has 19 heavy (non-hydrogen) atoms. The quantitative estimate of drug-likeness (QED) is 0.416. The van der Waals surface area contributed by atoms with Crippen LogP contribution in [0.2, 0.25) is 5.15 Å². The van der Waals surface area contributed by atoms with Crippen molar-refractivity contribution < 1.29 is 22.3 Å². The Morgan fingerprint density at radius 2 is 2.16 bits per heavy atom. The smallest absolute Gasteiger partial charge is 0.367 e. The summed E-state index contributed by atoms with van der Waals surface area (Å²) in [6.07, 6.45) is -5.13. The van der Waals surface area contributed by atoms with Crippen LogP contribution in [0.5, 0.6) is 0 Å². The topological polar surface area (TPSA) is 22.1 Å². The summed E-state index contributed by atoms with van der Waals surface area (Å²) in [4.78, 5) is 3.62. The summed E-state index contributed by atoms with van der Waals surface area (Å²) in [6, 6.07) is 0.956. The normalized spacial score (nSPS) is 23.0. The van der Waals surface area contributed by atoms with Crippen molar-refractivity contribution in [1.29, 1.82) is 0 Å². The van der Waals surface area contributed by atoms with Gasteiger partial charge in [0.15, 0.2) is 6.10 Å². The van der Waals surface area contributed by atoms with Gasteiger partial charge in [-0.1, -0.05) is 23.4 Å². The van der Waals surface area contributed by atoms with Crippen LogP contribution in [-0.4, -0.2) is 23.9 Å². The van der Waals surface area contributed by atoms with Crippen LogP contribution in [-0.2, 0) is 4.74 Å². The summed E-state index contributed by atoms with van der Waals surface area (Å²) in [7, 11) is 0. The van der Waals surface area contributed by atoms with E-state index in [1.807, 2.05) is 0 Å². The van der Waals surface area contributed by atoms with Crippen LogP contribution < -0.4 is 0 Å². The molecule has 1 aliphatic heterocycles. The largest absolute Gasteiger partial charge is 0.415 e. The summed E-state index contributed by atoms with van der Waals surface area (Å²) < 4.78 is 55.7. The first-order valence-corrected chi connectivity index (χ1v) is 5.76.